The second kappa shape index (κ2) is 9.59. The number of carboxylic acid groups (broad SMARTS) is 1. The molecule has 0 spiro atoms. The molecule has 31 heavy (non-hydrogen) atoms. The molecule has 2 aromatic heterocycles. The summed E-state index contributed by atoms with van der Waals surface area (Å²) in [6.07, 6.45) is 3.41. The van der Waals surface area contributed by atoms with E-state index in [4.69, 9.17) is 16.7 Å². The van der Waals surface area contributed by atoms with Crippen molar-refractivity contribution >= 4 is 34.4 Å². The maximum atomic E-state index is 12.4. The second-order valence-electron chi connectivity index (χ2n) is 7.13. The fourth-order valence-corrected chi connectivity index (χ4v) is 4.89. The van der Waals surface area contributed by atoms with Gasteiger partial charge in [0.15, 0.2) is 5.82 Å². The van der Waals surface area contributed by atoms with Gasteiger partial charge in [-0.1, -0.05) is 23.7 Å². The number of halogens is 1. The van der Waals surface area contributed by atoms with Gasteiger partial charge in [0.05, 0.1) is 28.7 Å². The molecule has 10 heteroatoms. The van der Waals surface area contributed by atoms with E-state index in [1.165, 1.54) is 0 Å². The highest BCUT2D eigenvalue weighted by Gasteiger charge is 2.27. The Balaban J connectivity index is 1.59. The number of anilines is 1. The van der Waals surface area contributed by atoms with Gasteiger partial charge >= 0.3 is 5.97 Å². The van der Waals surface area contributed by atoms with Crippen LogP contribution in [0.5, 0.6) is 0 Å². The number of hydrogen-bond donors (Lipinski definition) is 2. The van der Waals surface area contributed by atoms with Gasteiger partial charge in [0.2, 0.25) is 0 Å². The largest absolute Gasteiger partial charge is 0.481 e. The molecule has 4 rings (SSSR count). The van der Waals surface area contributed by atoms with E-state index in [0.717, 1.165) is 28.2 Å². The second-order valence-corrected chi connectivity index (χ2v) is 9.13. The van der Waals surface area contributed by atoms with Crippen molar-refractivity contribution in [2.75, 3.05) is 36.8 Å². The maximum absolute atomic E-state index is 12.4. The summed E-state index contributed by atoms with van der Waals surface area (Å²) in [5.41, 5.74) is 3.84. The van der Waals surface area contributed by atoms with Crippen LogP contribution in [0.2, 0.25) is 5.02 Å². The summed E-state index contributed by atoms with van der Waals surface area (Å²) in [7, 11) is -1.29. The Morgan fingerprint density at radius 1 is 1.06 bits per heavy atom. The highest BCUT2D eigenvalue weighted by Crippen LogP contribution is 2.38. The molecule has 0 aliphatic carbocycles. The first-order chi connectivity index (χ1) is 15.0. The van der Waals surface area contributed by atoms with E-state index < -0.39 is 17.0 Å². The van der Waals surface area contributed by atoms with E-state index in [1.807, 2.05) is 40.7 Å². The Morgan fingerprint density at radius 2 is 1.74 bits per heavy atom. The number of aromatic amines is 1. The Hall–Kier alpha value is -2.75. The van der Waals surface area contributed by atoms with Crippen molar-refractivity contribution in [2.45, 2.75) is 6.42 Å². The molecule has 1 unspecified atom stereocenters. The van der Waals surface area contributed by atoms with Crippen LogP contribution in [0.1, 0.15) is 6.42 Å². The molecule has 1 aliphatic heterocycles. The normalized spacial score (nSPS) is 15.7. The van der Waals surface area contributed by atoms with E-state index in [-0.39, 0.29) is 12.2 Å². The van der Waals surface area contributed by atoms with Gasteiger partial charge in [-0.15, -0.1) is 0 Å². The van der Waals surface area contributed by atoms with Crippen LogP contribution in [0.4, 0.5) is 5.82 Å². The van der Waals surface area contributed by atoms with Crippen LogP contribution < -0.4 is 4.90 Å². The first kappa shape index (κ1) is 21.5. The van der Waals surface area contributed by atoms with Crippen LogP contribution >= 0.6 is 11.6 Å². The fourth-order valence-electron chi connectivity index (χ4n) is 3.59. The van der Waals surface area contributed by atoms with Gasteiger partial charge in [-0.3, -0.25) is 14.9 Å². The zero-order valence-corrected chi connectivity index (χ0v) is 18.3. The maximum Gasteiger partial charge on any atom is 0.304 e. The molecule has 0 saturated carbocycles. The first-order valence-electron chi connectivity index (χ1n) is 9.88. The molecule has 1 saturated heterocycles. The molecule has 1 atom stereocenters. The van der Waals surface area contributed by atoms with E-state index in [9.17, 15) is 9.00 Å². The number of rotatable bonds is 7. The van der Waals surface area contributed by atoms with Crippen LogP contribution in [0.3, 0.4) is 0 Å². The van der Waals surface area contributed by atoms with Gasteiger partial charge in [0, 0.05) is 54.9 Å². The number of carboxylic acids is 1. The SMILES string of the molecule is O=C(O)CCS(=O)N1CCN(c2n[nH]c(-c3ccc(Cl)cc3)c2-c2ccncc2)CC1. The third-order valence-corrected chi connectivity index (χ3v) is 6.91. The smallest absolute Gasteiger partial charge is 0.304 e. The van der Waals surface area contributed by atoms with E-state index >= 15 is 0 Å². The van der Waals surface area contributed by atoms with Crippen molar-refractivity contribution in [1.29, 1.82) is 0 Å². The van der Waals surface area contributed by atoms with Crippen molar-refractivity contribution in [3.63, 3.8) is 0 Å². The third-order valence-electron chi connectivity index (χ3n) is 5.17. The zero-order chi connectivity index (χ0) is 21.8. The highest BCUT2D eigenvalue weighted by atomic mass is 35.5. The monoisotopic (exact) mass is 459 g/mol. The average Bonchev–Trinajstić information content (AvgIpc) is 3.24. The van der Waals surface area contributed by atoms with Crippen LogP contribution in [0.25, 0.3) is 22.4 Å². The summed E-state index contributed by atoms with van der Waals surface area (Å²) in [4.78, 5) is 17.0. The Labute approximate surface area is 187 Å². The Kier molecular flexibility index (Phi) is 6.64. The molecule has 0 radical (unpaired) electrons. The molecule has 1 aliphatic rings. The summed E-state index contributed by atoms with van der Waals surface area (Å²) in [5, 5.41) is 17.3. The van der Waals surface area contributed by atoms with Crippen molar-refractivity contribution in [1.82, 2.24) is 19.5 Å². The molecular formula is C21H22ClN5O3S. The number of aliphatic carboxylic acids is 1. The van der Waals surface area contributed by atoms with Gasteiger partial charge in [-0.2, -0.15) is 5.10 Å². The number of H-pyrrole nitrogens is 1. The molecular weight excluding hydrogens is 438 g/mol. The molecule has 2 N–H and O–H groups in total. The summed E-state index contributed by atoms with van der Waals surface area (Å²) >= 11 is 6.06. The lowest BCUT2D eigenvalue weighted by Crippen LogP contribution is -2.47. The Bertz CT molecular complexity index is 1070. The predicted molar refractivity (Wildman–Crippen MR) is 121 cm³/mol. The first-order valence-corrected chi connectivity index (χ1v) is 11.5. The van der Waals surface area contributed by atoms with E-state index in [1.54, 1.807) is 12.4 Å². The minimum atomic E-state index is -1.29. The third kappa shape index (κ3) is 4.95. The van der Waals surface area contributed by atoms with E-state index in [0.29, 0.717) is 31.2 Å². The molecule has 8 nitrogen and oxygen atoms in total. The quantitative estimate of drug-likeness (QED) is 0.563. The average molecular weight is 460 g/mol. The molecule has 1 fully saturated rings. The lowest BCUT2D eigenvalue weighted by Gasteiger charge is -2.34. The molecule has 0 amide bonds. The molecule has 1 aromatic carbocycles. The van der Waals surface area contributed by atoms with Gasteiger partial charge in [0.25, 0.3) is 0 Å². The van der Waals surface area contributed by atoms with Crippen molar-refractivity contribution in [2.24, 2.45) is 0 Å². The number of benzene rings is 1. The summed E-state index contributed by atoms with van der Waals surface area (Å²) in [6, 6.07) is 11.5. The lowest BCUT2D eigenvalue weighted by molar-refractivity contribution is -0.136. The van der Waals surface area contributed by atoms with Crippen LogP contribution in [0.15, 0.2) is 48.8 Å². The Morgan fingerprint density at radius 3 is 2.39 bits per heavy atom. The summed E-state index contributed by atoms with van der Waals surface area (Å²) in [6.45, 7) is 2.43. The molecule has 3 aromatic rings. The van der Waals surface area contributed by atoms with Crippen molar-refractivity contribution in [3.8, 4) is 22.4 Å². The predicted octanol–water partition coefficient (Wildman–Crippen LogP) is 3.05. The zero-order valence-electron chi connectivity index (χ0n) is 16.7. The standard InChI is InChI=1S/C21H22ClN5O3S/c22-17-3-1-16(2-4-17)20-19(15-5-8-23-9-6-15)21(25-24-20)26-10-12-27(13-11-26)31(30)14-7-18(28)29/h1-6,8-9H,7,10-14H2,(H,24,25)(H,28,29). The van der Waals surface area contributed by atoms with Gasteiger partial charge in [-0.05, 0) is 29.8 Å². The number of piperazine rings is 1. The fraction of sp³-hybridized carbons (Fsp3) is 0.286. The minimum absolute atomic E-state index is 0.0944. The number of aromatic nitrogens is 3. The van der Waals surface area contributed by atoms with Gasteiger partial charge < -0.3 is 10.0 Å². The number of nitrogens with zero attached hydrogens (tertiary/aromatic N) is 4. The topological polar surface area (TPSA) is 102 Å². The number of carbonyl (C=O) groups is 1. The van der Waals surface area contributed by atoms with Crippen LogP contribution in [0, 0.1) is 0 Å². The number of nitrogens with one attached hydrogen (secondary N) is 1. The van der Waals surface area contributed by atoms with Crippen molar-refractivity contribution < 1.29 is 14.1 Å². The van der Waals surface area contributed by atoms with Gasteiger partial charge in [0.1, 0.15) is 0 Å². The molecule has 3 heterocycles. The lowest BCUT2D eigenvalue weighted by atomic mass is 10.0. The van der Waals surface area contributed by atoms with Gasteiger partial charge in [-0.25, -0.2) is 8.51 Å². The molecule has 0 bridgehead atoms. The summed E-state index contributed by atoms with van der Waals surface area (Å²) in [5.74, 6) is 0.0353. The minimum Gasteiger partial charge on any atom is -0.481 e. The number of pyridine rings is 1. The van der Waals surface area contributed by atoms with Crippen LogP contribution in [-0.2, 0) is 15.8 Å². The van der Waals surface area contributed by atoms with Crippen molar-refractivity contribution in [3.05, 3.63) is 53.8 Å². The van der Waals surface area contributed by atoms with Crippen LogP contribution in [-0.4, -0.2) is 66.7 Å². The molecule has 162 valence electrons. The highest BCUT2D eigenvalue weighted by molar-refractivity contribution is 7.82. The van der Waals surface area contributed by atoms with E-state index in [2.05, 4.69) is 20.1 Å². The number of hydrogen-bond acceptors (Lipinski definition) is 5. The summed E-state index contributed by atoms with van der Waals surface area (Å²) < 4.78 is 14.2.